The highest BCUT2D eigenvalue weighted by Crippen LogP contribution is 2.36. The molecular weight excluding hydrogens is 262 g/mol. The first-order valence-electron chi connectivity index (χ1n) is 6.96. The molecule has 2 fully saturated rings. The second-order valence-corrected chi connectivity index (χ2v) is 5.47. The van der Waals surface area contributed by atoms with Crippen LogP contribution < -0.4 is 5.32 Å². The lowest BCUT2D eigenvalue weighted by atomic mass is 9.81. The smallest absolute Gasteiger partial charge is 0.150 e. The SMILES string of the molecule is N#Cc1cc(F)c(NC2CCCC3OCCC23)c(F)c1. The Hall–Kier alpha value is -1.67. The van der Waals surface area contributed by atoms with Crippen LogP contribution in [0.25, 0.3) is 0 Å². The number of nitrogens with zero attached hydrogens (tertiary/aromatic N) is 1. The Morgan fingerprint density at radius 1 is 1.20 bits per heavy atom. The molecule has 3 unspecified atom stereocenters. The highest BCUT2D eigenvalue weighted by atomic mass is 19.1. The quantitative estimate of drug-likeness (QED) is 0.903. The molecule has 0 amide bonds. The van der Waals surface area contributed by atoms with E-state index < -0.39 is 11.6 Å². The number of hydrogen-bond acceptors (Lipinski definition) is 3. The average molecular weight is 278 g/mol. The number of nitrogens with one attached hydrogen (secondary N) is 1. The molecule has 3 rings (SSSR count). The second-order valence-electron chi connectivity index (χ2n) is 5.47. The van der Waals surface area contributed by atoms with E-state index in [-0.39, 0.29) is 23.4 Å². The fourth-order valence-corrected chi connectivity index (χ4v) is 3.32. The third kappa shape index (κ3) is 2.36. The van der Waals surface area contributed by atoms with Gasteiger partial charge in [-0.2, -0.15) is 5.26 Å². The Morgan fingerprint density at radius 3 is 2.65 bits per heavy atom. The van der Waals surface area contributed by atoms with E-state index in [4.69, 9.17) is 10.00 Å². The zero-order valence-electron chi connectivity index (χ0n) is 11.0. The van der Waals surface area contributed by atoms with Crippen LogP contribution in [0.2, 0.25) is 0 Å². The largest absolute Gasteiger partial charge is 0.378 e. The van der Waals surface area contributed by atoms with Gasteiger partial charge >= 0.3 is 0 Å². The fraction of sp³-hybridized carbons (Fsp3) is 0.533. The van der Waals surface area contributed by atoms with Crippen LogP contribution in [0.4, 0.5) is 14.5 Å². The number of anilines is 1. The second kappa shape index (κ2) is 5.37. The van der Waals surface area contributed by atoms with Crippen molar-refractivity contribution >= 4 is 5.69 Å². The molecule has 5 heteroatoms. The highest BCUT2D eigenvalue weighted by molar-refractivity contribution is 5.51. The van der Waals surface area contributed by atoms with Crippen molar-refractivity contribution in [1.82, 2.24) is 0 Å². The molecule has 3 nitrogen and oxygen atoms in total. The molecule has 1 N–H and O–H groups in total. The molecule has 106 valence electrons. The summed E-state index contributed by atoms with van der Waals surface area (Å²) in [4.78, 5) is 0. The Labute approximate surface area is 116 Å². The third-order valence-electron chi connectivity index (χ3n) is 4.28. The van der Waals surface area contributed by atoms with Crippen molar-refractivity contribution < 1.29 is 13.5 Å². The van der Waals surface area contributed by atoms with Gasteiger partial charge in [0.15, 0.2) is 11.6 Å². The van der Waals surface area contributed by atoms with Crippen LogP contribution in [0.1, 0.15) is 31.2 Å². The summed E-state index contributed by atoms with van der Waals surface area (Å²) in [5.41, 5.74) is -0.127. The van der Waals surface area contributed by atoms with Gasteiger partial charge in [-0.05, 0) is 37.8 Å². The minimum Gasteiger partial charge on any atom is -0.378 e. The molecule has 1 heterocycles. The summed E-state index contributed by atoms with van der Waals surface area (Å²) in [6.45, 7) is 0.728. The predicted molar refractivity (Wildman–Crippen MR) is 70.2 cm³/mol. The maximum absolute atomic E-state index is 13.9. The van der Waals surface area contributed by atoms with E-state index >= 15 is 0 Å². The van der Waals surface area contributed by atoms with E-state index in [0.29, 0.717) is 5.92 Å². The summed E-state index contributed by atoms with van der Waals surface area (Å²) in [5.74, 6) is -1.09. The van der Waals surface area contributed by atoms with Crippen LogP contribution in [0.5, 0.6) is 0 Å². The number of fused-ring (bicyclic) bond motifs is 1. The maximum Gasteiger partial charge on any atom is 0.150 e. The summed E-state index contributed by atoms with van der Waals surface area (Å²) in [5, 5.41) is 11.7. The molecule has 1 aromatic rings. The highest BCUT2D eigenvalue weighted by Gasteiger charge is 2.38. The first-order valence-corrected chi connectivity index (χ1v) is 6.96. The van der Waals surface area contributed by atoms with Crippen LogP contribution in [0, 0.1) is 28.9 Å². The molecule has 1 aromatic carbocycles. The average Bonchev–Trinajstić information content (AvgIpc) is 2.91. The Bertz CT molecular complexity index is 532. The van der Waals surface area contributed by atoms with Crippen molar-refractivity contribution in [2.24, 2.45) is 5.92 Å². The van der Waals surface area contributed by atoms with E-state index in [1.807, 2.05) is 0 Å². The molecule has 2 aliphatic rings. The topological polar surface area (TPSA) is 45.0 Å². The molecular formula is C15H16F2N2O. The fourth-order valence-electron chi connectivity index (χ4n) is 3.32. The van der Waals surface area contributed by atoms with Gasteiger partial charge < -0.3 is 10.1 Å². The van der Waals surface area contributed by atoms with E-state index in [1.54, 1.807) is 6.07 Å². The monoisotopic (exact) mass is 278 g/mol. The van der Waals surface area contributed by atoms with Crippen molar-refractivity contribution in [2.45, 2.75) is 37.8 Å². The predicted octanol–water partition coefficient (Wildman–Crippen LogP) is 3.21. The van der Waals surface area contributed by atoms with Crippen LogP contribution in [-0.2, 0) is 4.74 Å². The summed E-state index contributed by atoms with van der Waals surface area (Å²) in [7, 11) is 0. The van der Waals surface area contributed by atoms with Gasteiger partial charge in [0.1, 0.15) is 5.69 Å². The maximum atomic E-state index is 13.9. The van der Waals surface area contributed by atoms with E-state index in [0.717, 1.165) is 44.4 Å². The molecule has 1 aliphatic carbocycles. The first-order chi connectivity index (χ1) is 9.69. The minimum atomic E-state index is -0.706. The summed E-state index contributed by atoms with van der Waals surface area (Å²) in [6.07, 6.45) is 4.07. The van der Waals surface area contributed by atoms with Gasteiger partial charge in [0.2, 0.25) is 0 Å². The lowest BCUT2D eigenvalue weighted by Crippen LogP contribution is -2.38. The zero-order valence-corrected chi connectivity index (χ0v) is 11.0. The van der Waals surface area contributed by atoms with Crippen molar-refractivity contribution in [3.8, 4) is 6.07 Å². The van der Waals surface area contributed by atoms with Crippen LogP contribution in [-0.4, -0.2) is 18.8 Å². The first kappa shape index (κ1) is 13.3. The summed E-state index contributed by atoms with van der Waals surface area (Å²) in [6, 6.07) is 3.92. The Morgan fingerprint density at radius 2 is 1.95 bits per heavy atom. The van der Waals surface area contributed by atoms with Crippen LogP contribution in [0.3, 0.4) is 0 Å². The van der Waals surface area contributed by atoms with Gasteiger partial charge in [-0.3, -0.25) is 0 Å². The normalized spacial score (nSPS) is 28.8. The van der Waals surface area contributed by atoms with E-state index in [2.05, 4.69) is 5.32 Å². The van der Waals surface area contributed by atoms with E-state index in [9.17, 15) is 8.78 Å². The summed E-state index contributed by atoms with van der Waals surface area (Å²) >= 11 is 0. The molecule has 0 aromatic heterocycles. The standard InChI is InChI=1S/C15H16F2N2O/c16-11-6-9(8-18)7-12(17)15(11)19-13-2-1-3-14-10(13)4-5-20-14/h6-7,10,13-14,19H,1-5H2. The molecule has 0 bridgehead atoms. The van der Waals surface area contributed by atoms with Gasteiger partial charge in [0, 0.05) is 18.6 Å². The number of rotatable bonds is 2. The molecule has 1 saturated heterocycles. The number of benzene rings is 1. The number of halogens is 2. The lowest BCUT2D eigenvalue weighted by Gasteiger charge is -2.34. The van der Waals surface area contributed by atoms with Crippen LogP contribution in [0.15, 0.2) is 12.1 Å². The molecule has 3 atom stereocenters. The Balaban J connectivity index is 1.82. The Kier molecular flexibility index (Phi) is 3.58. The van der Waals surface area contributed by atoms with Gasteiger partial charge in [0.25, 0.3) is 0 Å². The van der Waals surface area contributed by atoms with Crippen molar-refractivity contribution in [1.29, 1.82) is 5.26 Å². The summed E-state index contributed by atoms with van der Waals surface area (Å²) < 4.78 is 33.5. The van der Waals surface area contributed by atoms with E-state index in [1.165, 1.54) is 0 Å². The van der Waals surface area contributed by atoms with Crippen molar-refractivity contribution in [2.75, 3.05) is 11.9 Å². The lowest BCUT2D eigenvalue weighted by molar-refractivity contribution is 0.0619. The number of ether oxygens (including phenoxy) is 1. The van der Waals surface area contributed by atoms with Gasteiger partial charge in [0.05, 0.1) is 17.7 Å². The van der Waals surface area contributed by atoms with Gasteiger partial charge in [-0.1, -0.05) is 0 Å². The van der Waals surface area contributed by atoms with Gasteiger partial charge in [-0.25, -0.2) is 8.78 Å². The molecule has 1 aliphatic heterocycles. The third-order valence-corrected chi connectivity index (χ3v) is 4.28. The molecule has 0 spiro atoms. The van der Waals surface area contributed by atoms with Crippen molar-refractivity contribution in [3.63, 3.8) is 0 Å². The van der Waals surface area contributed by atoms with Crippen LogP contribution >= 0.6 is 0 Å². The van der Waals surface area contributed by atoms with Gasteiger partial charge in [-0.15, -0.1) is 0 Å². The minimum absolute atomic E-state index is 0.00345. The molecule has 1 saturated carbocycles. The zero-order chi connectivity index (χ0) is 14.1. The van der Waals surface area contributed by atoms with Crippen molar-refractivity contribution in [3.05, 3.63) is 29.3 Å². The molecule has 0 radical (unpaired) electrons. The number of hydrogen-bond donors (Lipinski definition) is 1. The number of nitriles is 1. The molecule has 20 heavy (non-hydrogen) atoms.